The number of halogens is 3. The maximum atomic E-state index is 12.6. The molecule has 0 bridgehead atoms. The molecule has 1 aromatic heterocycles. The molecule has 1 aromatic rings. The second-order valence-corrected chi connectivity index (χ2v) is 6.93. The molecule has 1 heterocycles. The van der Waals surface area contributed by atoms with Crippen molar-refractivity contribution in [1.29, 1.82) is 0 Å². The van der Waals surface area contributed by atoms with Crippen LogP contribution in [0.25, 0.3) is 0 Å². The van der Waals surface area contributed by atoms with Gasteiger partial charge >= 0.3 is 6.18 Å². The molecule has 1 saturated carbocycles. The molecular weight excluding hydrogens is 315 g/mol. The summed E-state index contributed by atoms with van der Waals surface area (Å²) >= 11 is 0.624. The summed E-state index contributed by atoms with van der Waals surface area (Å²) in [5.41, 5.74) is -0.675. The normalized spacial score (nSPS) is 18.2. The zero-order chi connectivity index (χ0) is 16.4. The van der Waals surface area contributed by atoms with Gasteiger partial charge in [-0.25, -0.2) is 4.98 Å². The molecule has 22 heavy (non-hydrogen) atoms. The van der Waals surface area contributed by atoms with Gasteiger partial charge in [0.05, 0.1) is 11.7 Å². The lowest BCUT2D eigenvalue weighted by Gasteiger charge is -2.38. The average Bonchev–Trinajstić information content (AvgIpc) is 2.94. The molecule has 0 spiro atoms. The Morgan fingerprint density at radius 2 is 2.00 bits per heavy atom. The Balaban J connectivity index is 2.08. The number of nitrogens with one attached hydrogen (secondary N) is 1. The van der Waals surface area contributed by atoms with Gasteiger partial charge in [0, 0.05) is 20.6 Å². The SMILES string of the molecule is CN(C)C(=O)C1(NCc2ncc(C(F)(F)F)s2)CCCCC1. The number of thiazole rings is 1. The number of nitrogens with zero attached hydrogens (tertiary/aromatic N) is 2. The number of carbonyl (C=O) groups is 1. The Labute approximate surface area is 131 Å². The number of rotatable bonds is 4. The third kappa shape index (κ3) is 3.78. The van der Waals surface area contributed by atoms with E-state index in [0.29, 0.717) is 29.2 Å². The number of alkyl halides is 3. The van der Waals surface area contributed by atoms with Crippen molar-refractivity contribution in [1.82, 2.24) is 15.2 Å². The molecule has 124 valence electrons. The Hall–Kier alpha value is -1.15. The second kappa shape index (κ2) is 6.54. The van der Waals surface area contributed by atoms with Crippen LogP contribution in [0.1, 0.15) is 42.0 Å². The van der Waals surface area contributed by atoms with E-state index in [2.05, 4.69) is 10.3 Å². The van der Waals surface area contributed by atoms with Gasteiger partial charge in [-0.15, -0.1) is 11.3 Å². The predicted octanol–water partition coefficient (Wildman–Crippen LogP) is 3.04. The summed E-state index contributed by atoms with van der Waals surface area (Å²) in [7, 11) is 3.40. The van der Waals surface area contributed by atoms with E-state index in [1.54, 1.807) is 19.0 Å². The molecule has 0 unspecified atom stereocenters. The summed E-state index contributed by atoms with van der Waals surface area (Å²) in [6.07, 6.45) is 0.875. The molecule has 1 aliphatic carbocycles. The minimum Gasteiger partial charge on any atom is -0.347 e. The molecule has 0 aromatic carbocycles. The van der Waals surface area contributed by atoms with Gasteiger partial charge in [0.25, 0.3) is 0 Å². The van der Waals surface area contributed by atoms with Gasteiger partial charge in [-0.1, -0.05) is 19.3 Å². The highest BCUT2D eigenvalue weighted by molar-refractivity contribution is 7.11. The molecule has 1 N–H and O–H groups in total. The zero-order valence-corrected chi connectivity index (χ0v) is 13.5. The molecule has 1 aliphatic rings. The van der Waals surface area contributed by atoms with Gasteiger partial charge in [-0.3, -0.25) is 10.1 Å². The van der Waals surface area contributed by atoms with Crippen molar-refractivity contribution in [3.05, 3.63) is 16.1 Å². The number of hydrogen-bond acceptors (Lipinski definition) is 4. The number of carbonyl (C=O) groups excluding carboxylic acids is 1. The van der Waals surface area contributed by atoms with Crippen LogP contribution in [0.4, 0.5) is 13.2 Å². The monoisotopic (exact) mass is 335 g/mol. The lowest BCUT2D eigenvalue weighted by molar-refractivity contribution is -0.137. The predicted molar refractivity (Wildman–Crippen MR) is 78.5 cm³/mol. The number of hydrogen-bond donors (Lipinski definition) is 1. The average molecular weight is 335 g/mol. The smallest absolute Gasteiger partial charge is 0.347 e. The third-order valence-electron chi connectivity index (χ3n) is 3.93. The molecule has 0 radical (unpaired) electrons. The highest BCUT2D eigenvalue weighted by atomic mass is 32.1. The van der Waals surface area contributed by atoms with Crippen molar-refractivity contribution in [2.24, 2.45) is 0 Å². The van der Waals surface area contributed by atoms with Gasteiger partial charge in [0.1, 0.15) is 9.88 Å². The summed E-state index contributed by atoms with van der Waals surface area (Å²) in [6.45, 7) is 0.181. The highest BCUT2D eigenvalue weighted by Crippen LogP contribution is 2.34. The van der Waals surface area contributed by atoms with Gasteiger partial charge in [0.15, 0.2) is 0 Å². The largest absolute Gasteiger partial charge is 0.427 e. The third-order valence-corrected chi connectivity index (χ3v) is 4.98. The zero-order valence-electron chi connectivity index (χ0n) is 12.7. The molecule has 0 atom stereocenters. The fourth-order valence-electron chi connectivity index (χ4n) is 2.82. The molecule has 8 heteroatoms. The standard InChI is InChI=1S/C14H20F3N3OS/c1-20(2)12(21)13(6-4-3-5-7-13)19-9-11-18-8-10(22-11)14(15,16)17/h8,19H,3-7,9H2,1-2H3. The van der Waals surface area contributed by atoms with Crippen LogP contribution in [-0.4, -0.2) is 35.4 Å². The summed E-state index contributed by atoms with van der Waals surface area (Å²) < 4.78 is 37.8. The Morgan fingerprint density at radius 3 is 2.50 bits per heavy atom. The first-order valence-corrected chi connectivity index (χ1v) is 8.05. The molecule has 1 fully saturated rings. The van der Waals surface area contributed by atoms with E-state index < -0.39 is 16.6 Å². The minimum absolute atomic E-state index is 0.0141. The minimum atomic E-state index is -4.36. The van der Waals surface area contributed by atoms with Crippen molar-refractivity contribution in [3.63, 3.8) is 0 Å². The van der Waals surface area contributed by atoms with Crippen LogP contribution < -0.4 is 5.32 Å². The van der Waals surface area contributed by atoms with Gasteiger partial charge in [0.2, 0.25) is 5.91 Å². The fraction of sp³-hybridized carbons (Fsp3) is 0.714. The van der Waals surface area contributed by atoms with Crippen LogP contribution in [0.2, 0.25) is 0 Å². The van der Waals surface area contributed by atoms with E-state index in [-0.39, 0.29) is 12.5 Å². The molecule has 0 saturated heterocycles. The fourth-order valence-corrected chi connectivity index (χ4v) is 3.54. The van der Waals surface area contributed by atoms with Crippen molar-refractivity contribution >= 4 is 17.2 Å². The number of likely N-dealkylation sites (N-methyl/N-ethyl adjacent to an activating group) is 1. The lowest BCUT2D eigenvalue weighted by atomic mass is 9.80. The summed E-state index contributed by atoms with van der Waals surface area (Å²) in [5, 5.41) is 3.54. The van der Waals surface area contributed by atoms with E-state index >= 15 is 0 Å². The van der Waals surface area contributed by atoms with Crippen LogP contribution in [0.5, 0.6) is 0 Å². The maximum absolute atomic E-state index is 12.6. The van der Waals surface area contributed by atoms with Crippen LogP contribution in [0.15, 0.2) is 6.20 Å². The topological polar surface area (TPSA) is 45.2 Å². The molecule has 4 nitrogen and oxygen atoms in total. The molecular formula is C14H20F3N3OS. The molecule has 1 amide bonds. The van der Waals surface area contributed by atoms with Gasteiger partial charge in [-0.05, 0) is 12.8 Å². The number of aromatic nitrogens is 1. The van der Waals surface area contributed by atoms with Crippen LogP contribution in [0.3, 0.4) is 0 Å². The van der Waals surface area contributed by atoms with Gasteiger partial charge in [-0.2, -0.15) is 13.2 Å². The Morgan fingerprint density at radius 1 is 1.36 bits per heavy atom. The van der Waals surface area contributed by atoms with E-state index in [9.17, 15) is 18.0 Å². The van der Waals surface area contributed by atoms with Crippen LogP contribution >= 0.6 is 11.3 Å². The summed E-state index contributed by atoms with van der Waals surface area (Å²) in [6, 6.07) is 0. The van der Waals surface area contributed by atoms with Crippen LogP contribution in [0, 0.1) is 0 Å². The van der Waals surface area contributed by atoms with E-state index in [4.69, 9.17) is 0 Å². The number of amides is 1. The van der Waals surface area contributed by atoms with Crippen molar-refractivity contribution < 1.29 is 18.0 Å². The maximum Gasteiger partial charge on any atom is 0.427 e. The van der Waals surface area contributed by atoms with Crippen molar-refractivity contribution in [2.75, 3.05) is 14.1 Å². The summed E-state index contributed by atoms with van der Waals surface area (Å²) in [4.78, 5) is 17.1. The Bertz CT molecular complexity index is 522. The van der Waals surface area contributed by atoms with Crippen LogP contribution in [-0.2, 0) is 17.5 Å². The van der Waals surface area contributed by atoms with Crippen molar-refractivity contribution in [2.45, 2.75) is 50.4 Å². The highest BCUT2D eigenvalue weighted by Gasteiger charge is 2.40. The quantitative estimate of drug-likeness (QED) is 0.920. The molecule has 0 aliphatic heterocycles. The van der Waals surface area contributed by atoms with Crippen molar-refractivity contribution in [3.8, 4) is 0 Å². The first kappa shape index (κ1) is 17.2. The van der Waals surface area contributed by atoms with E-state index in [1.165, 1.54) is 0 Å². The Kier molecular flexibility index (Phi) is 5.11. The molecule has 2 rings (SSSR count). The first-order chi connectivity index (χ1) is 10.2. The van der Waals surface area contributed by atoms with E-state index in [0.717, 1.165) is 25.5 Å². The summed E-state index contributed by atoms with van der Waals surface area (Å²) in [5.74, 6) is -0.0141. The first-order valence-electron chi connectivity index (χ1n) is 7.23. The van der Waals surface area contributed by atoms with E-state index in [1.807, 2.05) is 0 Å². The second-order valence-electron chi connectivity index (χ2n) is 5.81. The van der Waals surface area contributed by atoms with Gasteiger partial charge < -0.3 is 4.90 Å². The lowest BCUT2D eigenvalue weighted by Crippen LogP contribution is -2.57.